The Bertz CT molecular complexity index is 539. The van der Waals surface area contributed by atoms with E-state index in [4.69, 9.17) is 4.74 Å². The number of halogens is 3. The number of carbonyl (C=O) groups excluding carboxylic acids is 1. The predicted octanol–water partition coefficient (Wildman–Crippen LogP) is 4.03. The lowest BCUT2D eigenvalue weighted by Crippen LogP contribution is -2.25. The quantitative estimate of drug-likeness (QED) is 0.674. The third kappa shape index (κ3) is 5.52. The molecule has 0 bridgehead atoms. The summed E-state index contributed by atoms with van der Waals surface area (Å²) in [4.78, 5) is 11.7. The molecule has 0 aliphatic heterocycles. The SMILES string of the molecule is C=C(CC(O)c1ccc(C(F)(F)F)cc1)C(=O)OC(C)(C)C. The van der Waals surface area contributed by atoms with Crippen LogP contribution in [0.2, 0.25) is 0 Å². The summed E-state index contributed by atoms with van der Waals surface area (Å²) in [6.07, 6.45) is -5.66. The number of carbonyl (C=O) groups is 1. The van der Waals surface area contributed by atoms with Gasteiger partial charge in [-0.1, -0.05) is 18.7 Å². The molecule has 0 aliphatic carbocycles. The van der Waals surface area contributed by atoms with Crippen molar-refractivity contribution < 1.29 is 27.8 Å². The third-order valence-electron chi connectivity index (χ3n) is 2.75. The van der Waals surface area contributed by atoms with Gasteiger partial charge in [0.1, 0.15) is 5.60 Å². The minimum absolute atomic E-state index is 0.0577. The number of rotatable bonds is 4. The molecule has 1 aromatic carbocycles. The largest absolute Gasteiger partial charge is 0.457 e. The molecule has 1 unspecified atom stereocenters. The summed E-state index contributed by atoms with van der Waals surface area (Å²) < 4.78 is 42.5. The van der Waals surface area contributed by atoms with Crippen LogP contribution < -0.4 is 0 Å². The molecule has 0 saturated heterocycles. The van der Waals surface area contributed by atoms with Crippen molar-refractivity contribution in [3.8, 4) is 0 Å². The molecule has 0 aliphatic rings. The summed E-state index contributed by atoms with van der Waals surface area (Å²) in [7, 11) is 0. The van der Waals surface area contributed by atoms with Gasteiger partial charge < -0.3 is 9.84 Å². The number of aliphatic hydroxyl groups is 1. The number of aliphatic hydroxyl groups excluding tert-OH is 1. The highest BCUT2D eigenvalue weighted by atomic mass is 19.4. The zero-order chi connectivity index (χ0) is 17.1. The molecule has 0 spiro atoms. The van der Waals surface area contributed by atoms with Gasteiger partial charge in [0.05, 0.1) is 11.7 Å². The molecule has 0 fully saturated rings. The van der Waals surface area contributed by atoms with Crippen molar-refractivity contribution >= 4 is 5.97 Å². The summed E-state index contributed by atoms with van der Waals surface area (Å²) in [5.41, 5.74) is -1.14. The number of hydrogen-bond acceptors (Lipinski definition) is 3. The van der Waals surface area contributed by atoms with Gasteiger partial charge in [0.15, 0.2) is 0 Å². The topological polar surface area (TPSA) is 46.5 Å². The monoisotopic (exact) mass is 316 g/mol. The van der Waals surface area contributed by atoms with Crippen LogP contribution in [0.3, 0.4) is 0 Å². The van der Waals surface area contributed by atoms with E-state index in [1.54, 1.807) is 20.8 Å². The van der Waals surface area contributed by atoms with E-state index in [1.165, 1.54) is 12.1 Å². The fourth-order valence-electron chi connectivity index (χ4n) is 1.68. The van der Waals surface area contributed by atoms with Gasteiger partial charge in [-0.2, -0.15) is 13.2 Å². The molecule has 1 aromatic rings. The second-order valence-electron chi connectivity index (χ2n) is 5.95. The molecule has 122 valence electrons. The van der Waals surface area contributed by atoms with Gasteiger partial charge in [-0.15, -0.1) is 0 Å². The van der Waals surface area contributed by atoms with Crippen LogP contribution in [0, 0.1) is 0 Å². The molecular weight excluding hydrogens is 297 g/mol. The molecule has 0 aromatic heterocycles. The molecule has 0 saturated carbocycles. The van der Waals surface area contributed by atoms with Crippen molar-refractivity contribution in [1.82, 2.24) is 0 Å². The van der Waals surface area contributed by atoms with Gasteiger partial charge in [0, 0.05) is 12.0 Å². The van der Waals surface area contributed by atoms with Crippen LogP contribution in [-0.4, -0.2) is 16.7 Å². The normalized spacial score (nSPS) is 13.6. The van der Waals surface area contributed by atoms with Crippen LogP contribution >= 0.6 is 0 Å². The summed E-state index contributed by atoms with van der Waals surface area (Å²) in [6, 6.07) is 4.12. The molecule has 0 amide bonds. The van der Waals surface area contributed by atoms with Gasteiger partial charge in [-0.3, -0.25) is 0 Å². The highest BCUT2D eigenvalue weighted by Gasteiger charge is 2.30. The Kier molecular flexibility index (Phi) is 5.40. The van der Waals surface area contributed by atoms with Gasteiger partial charge in [0.2, 0.25) is 0 Å². The van der Waals surface area contributed by atoms with Gasteiger partial charge in [0.25, 0.3) is 0 Å². The number of esters is 1. The Morgan fingerprint density at radius 2 is 1.73 bits per heavy atom. The van der Waals surface area contributed by atoms with E-state index in [0.29, 0.717) is 0 Å². The molecule has 22 heavy (non-hydrogen) atoms. The summed E-state index contributed by atoms with van der Waals surface area (Å²) in [5.74, 6) is -0.640. The van der Waals surface area contributed by atoms with Crippen molar-refractivity contribution in [2.24, 2.45) is 0 Å². The minimum Gasteiger partial charge on any atom is -0.457 e. The molecule has 1 rings (SSSR count). The lowest BCUT2D eigenvalue weighted by atomic mass is 10.0. The molecule has 3 nitrogen and oxygen atoms in total. The smallest absolute Gasteiger partial charge is 0.416 e. The lowest BCUT2D eigenvalue weighted by molar-refractivity contribution is -0.150. The van der Waals surface area contributed by atoms with Crippen molar-refractivity contribution in [3.05, 3.63) is 47.5 Å². The van der Waals surface area contributed by atoms with Crippen LogP contribution in [0.4, 0.5) is 13.2 Å². The molecular formula is C16H19F3O3. The van der Waals surface area contributed by atoms with Gasteiger partial charge in [-0.05, 0) is 38.5 Å². The van der Waals surface area contributed by atoms with Crippen LogP contribution in [0.15, 0.2) is 36.4 Å². The Hall–Kier alpha value is -1.82. The molecule has 0 heterocycles. The van der Waals surface area contributed by atoms with Crippen molar-refractivity contribution in [1.29, 1.82) is 0 Å². The van der Waals surface area contributed by atoms with E-state index in [0.717, 1.165) is 12.1 Å². The number of hydrogen-bond donors (Lipinski definition) is 1. The van der Waals surface area contributed by atoms with Crippen LogP contribution in [0.5, 0.6) is 0 Å². The van der Waals surface area contributed by atoms with Gasteiger partial charge >= 0.3 is 12.1 Å². The van der Waals surface area contributed by atoms with E-state index in [9.17, 15) is 23.1 Å². The molecule has 1 atom stereocenters. The minimum atomic E-state index is -4.43. The van der Waals surface area contributed by atoms with E-state index < -0.39 is 29.4 Å². The van der Waals surface area contributed by atoms with E-state index in [1.807, 2.05) is 0 Å². The van der Waals surface area contributed by atoms with Crippen LogP contribution in [0.25, 0.3) is 0 Å². The summed E-state index contributed by atoms with van der Waals surface area (Å²) in [6.45, 7) is 8.64. The first-order chi connectivity index (χ1) is 9.90. The lowest BCUT2D eigenvalue weighted by Gasteiger charge is -2.21. The first kappa shape index (κ1) is 18.2. The fourth-order valence-corrected chi connectivity index (χ4v) is 1.68. The number of alkyl halides is 3. The molecule has 0 radical (unpaired) electrons. The summed E-state index contributed by atoms with van der Waals surface area (Å²) in [5, 5.41) is 9.98. The average Bonchev–Trinajstić information content (AvgIpc) is 2.35. The summed E-state index contributed by atoms with van der Waals surface area (Å²) >= 11 is 0. The third-order valence-corrected chi connectivity index (χ3v) is 2.75. The van der Waals surface area contributed by atoms with Crippen molar-refractivity contribution in [3.63, 3.8) is 0 Å². The van der Waals surface area contributed by atoms with Crippen LogP contribution in [0.1, 0.15) is 44.4 Å². The van der Waals surface area contributed by atoms with Crippen molar-refractivity contribution in [2.45, 2.75) is 45.1 Å². The zero-order valence-electron chi connectivity index (χ0n) is 12.7. The number of benzene rings is 1. The average molecular weight is 316 g/mol. The highest BCUT2D eigenvalue weighted by molar-refractivity contribution is 5.88. The zero-order valence-corrected chi connectivity index (χ0v) is 12.7. The second kappa shape index (κ2) is 6.52. The first-order valence-corrected chi connectivity index (χ1v) is 6.66. The maximum absolute atomic E-state index is 12.5. The Labute approximate surface area is 127 Å². The number of ether oxygens (including phenoxy) is 1. The van der Waals surface area contributed by atoms with E-state index in [-0.39, 0.29) is 17.6 Å². The predicted molar refractivity (Wildman–Crippen MR) is 76.0 cm³/mol. The fraction of sp³-hybridized carbons (Fsp3) is 0.438. The van der Waals surface area contributed by atoms with Gasteiger partial charge in [-0.25, -0.2) is 4.79 Å². The Morgan fingerprint density at radius 3 is 2.14 bits per heavy atom. The van der Waals surface area contributed by atoms with Crippen LogP contribution in [-0.2, 0) is 15.7 Å². The van der Waals surface area contributed by atoms with E-state index in [2.05, 4.69) is 6.58 Å². The maximum Gasteiger partial charge on any atom is 0.416 e. The second-order valence-corrected chi connectivity index (χ2v) is 5.95. The standard InChI is InChI=1S/C16H19F3O3/c1-10(14(21)22-15(2,3)4)9-13(20)11-5-7-12(8-6-11)16(17,18)19/h5-8,13,20H,1,9H2,2-4H3. The maximum atomic E-state index is 12.5. The Morgan fingerprint density at radius 1 is 1.23 bits per heavy atom. The Balaban J connectivity index is 2.71. The molecule has 6 heteroatoms. The highest BCUT2D eigenvalue weighted by Crippen LogP contribution is 2.30. The van der Waals surface area contributed by atoms with E-state index >= 15 is 0 Å². The first-order valence-electron chi connectivity index (χ1n) is 6.66. The van der Waals surface area contributed by atoms with Crippen molar-refractivity contribution in [2.75, 3.05) is 0 Å². The molecule has 1 N–H and O–H groups in total.